The molecule has 3 aromatic rings. The molecule has 1 aliphatic heterocycles. The first-order valence-electron chi connectivity index (χ1n) is 10.8. The predicted molar refractivity (Wildman–Crippen MR) is 129 cm³/mol. The number of hydrogen-bond donors (Lipinski definition) is 2. The van der Waals surface area contributed by atoms with E-state index in [0.717, 1.165) is 27.8 Å². The Morgan fingerprint density at radius 1 is 0.909 bits per heavy atom. The van der Waals surface area contributed by atoms with E-state index in [1.54, 1.807) is 32.4 Å². The first-order chi connectivity index (χ1) is 15.6. The summed E-state index contributed by atoms with van der Waals surface area (Å²) in [5.74, 6) is 1.14. The summed E-state index contributed by atoms with van der Waals surface area (Å²) < 4.78 is 38.2. The highest BCUT2D eigenvalue weighted by Crippen LogP contribution is 2.46. The molecule has 0 bridgehead atoms. The van der Waals surface area contributed by atoms with Gasteiger partial charge < -0.3 is 19.9 Å². The Bertz CT molecular complexity index is 1280. The minimum atomic E-state index is -3.66. The van der Waals surface area contributed by atoms with Gasteiger partial charge in [0, 0.05) is 17.7 Å². The normalized spacial score (nSPS) is 17.7. The number of nitrogens with one attached hydrogen (secondary N) is 1. The van der Waals surface area contributed by atoms with E-state index in [9.17, 15) is 13.5 Å². The quantitative estimate of drug-likeness (QED) is 0.544. The van der Waals surface area contributed by atoms with Crippen molar-refractivity contribution in [2.24, 2.45) is 0 Å². The second kappa shape index (κ2) is 8.63. The Hall–Kier alpha value is -3.19. The number of benzene rings is 3. The van der Waals surface area contributed by atoms with Gasteiger partial charge in [-0.3, -0.25) is 0 Å². The predicted octanol–water partition coefficient (Wildman–Crippen LogP) is 5.08. The number of methoxy groups -OCH3 is 2. The van der Waals surface area contributed by atoms with E-state index in [4.69, 9.17) is 9.47 Å². The van der Waals surface area contributed by atoms with Crippen LogP contribution in [0.5, 0.6) is 17.2 Å². The molecule has 0 saturated carbocycles. The lowest BCUT2D eigenvalue weighted by molar-refractivity contribution is 0.354. The van der Waals surface area contributed by atoms with Gasteiger partial charge in [-0.2, -0.15) is 0 Å². The van der Waals surface area contributed by atoms with Gasteiger partial charge in [0.05, 0.1) is 19.1 Å². The third kappa shape index (κ3) is 4.13. The smallest absolute Gasteiger partial charge is 0.199 e. The molecule has 1 aliphatic rings. The number of phenols is 1. The Kier molecular flexibility index (Phi) is 6.01. The van der Waals surface area contributed by atoms with E-state index < -0.39 is 15.2 Å². The van der Waals surface area contributed by atoms with Gasteiger partial charge in [0.1, 0.15) is 11.1 Å². The van der Waals surface area contributed by atoms with Gasteiger partial charge in [0.2, 0.25) is 0 Å². The molecule has 33 heavy (non-hydrogen) atoms. The van der Waals surface area contributed by atoms with Crippen LogP contribution in [0.1, 0.15) is 40.2 Å². The highest BCUT2D eigenvalue weighted by Gasteiger charge is 2.37. The van der Waals surface area contributed by atoms with Crippen molar-refractivity contribution in [1.82, 2.24) is 0 Å². The molecule has 2 atom stereocenters. The lowest BCUT2D eigenvalue weighted by Gasteiger charge is -2.34. The number of aromatic hydroxyl groups is 1. The molecule has 3 aromatic carbocycles. The van der Waals surface area contributed by atoms with Crippen molar-refractivity contribution in [1.29, 1.82) is 0 Å². The number of fused-ring (bicyclic) bond motifs is 1. The van der Waals surface area contributed by atoms with Crippen molar-refractivity contribution in [2.45, 2.75) is 43.4 Å². The van der Waals surface area contributed by atoms with Crippen LogP contribution in [0.25, 0.3) is 0 Å². The van der Waals surface area contributed by atoms with Crippen LogP contribution in [0.2, 0.25) is 0 Å². The van der Waals surface area contributed by atoms with E-state index in [1.165, 1.54) is 0 Å². The Morgan fingerprint density at radius 2 is 1.48 bits per heavy atom. The number of sulfone groups is 1. The average molecular weight is 468 g/mol. The molecule has 0 amide bonds. The van der Waals surface area contributed by atoms with Crippen LogP contribution in [0.4, 0.5) is 5.69 Å². The fraction of sp³-hybridized carbons (Fsp3) is 0.308. The van der Waals surface area contributed by atoms with Crippen LogP contribution in [0, 0.1) is 20.8 Å². The summed E-state index contributed by atoms with van der Waals surface area (Å²) in [4.78, 5) is 0.284. The van der Waals surface area contributed by atoms with Gasteiger partial charge in [-0.1, -0.05) is 29.8 Å². The maximum absolute atomic E-state index is 13.6. The topological polar surface area (TPSA) is 84.9 Å². The summed E-state index contributed by atoms with van der Waals surface area (Å²) in [7, 11) is -0.527. The minimum absolute atomic E-state index is 0.218. The van der Waals surface area contributed by atoms with Gasteiger partial charge in [0.15, 0.2) is 21.3 Å². The molecule has 6 nitrogen and oxygen atoms in total. The molecule has 7 heteroatoms. The van der Waals surface area contributed by atoms with Crippen LogP contribution in [0.3, 0.4) is 0 Å². The Balaban J connectivity index is 1.87. The summed E-state index contributed by atoms with van der Waals surface area (Å²) in [6.45, 7) is 5.63. The number of ether oxygens (including phenoxy) is 2. The second-order valence-electron chi connectivity index (χ2n) is 8.58. The van der Waals surface area contributed by atoms with Crippen molar-refractivity contribution in [3.63, 3.8) is 0 Å². The largest absolute Gasteiger partial charge is 0.507 e. The zero-order valence-electron chi connectivity index (χ0n) is 19.5. The fourth-order valence-electron chi connectivity index (χ4n) is 4.48. The number of aryl methyl sites for hydroxylation is 3. The van der Waals surface area contributed by atoms with Crippen LogP contribution in [-0.2, 0) is 9.84 Å². The molecular formula is C26H29NO5S. The van der Waals surface area contributed by atoms with Crippen molar-refractivity contribution >= 4 is 15.5 Å². The highest BCUT2D eigenvalue weighted by molar-refractivity contribution is 7.92. The fourth-order valence-corrected chi connectivity index (χ4v) is 6.06. The standard InChI is InChI=1S/C26H29NO5S/c1-15-6-8-19(9-7-15)33(29,30)25-13-20(18-10-16(2)26(28)17(3)11-18)21-12-23(31-4)24(32-5)14-22(21)27-25/h6-12,14,20,25,27-28H,13H2,1-5H3. The van der Waals surface area contributed by atoms with Gasteiger partial charge in [0.25, 0.3) is 0 Å². The monoisotopic (exact) mass is 467 g/mol. The Labute approximate surface area is 195 Å². The summed E-state index contributed by atoms with van der Waals surface area (Å²) in [6, 6.07) is 14.5. The van der Waals surface area contributed by atoms with Gasteiger partial charge >= 0.3 is 0 Å². The lowest BCUT2D eigenvalue weighted by atomic mass is 9.83. The molecule has 0 fully saturated rings. The third-order valence-electron chi connectivity index (χ3n) is 6.34. The first kappa shape index (κ1) is 23.0. The maximum atomic E-state index is 13.6. The van der Waals surface area contributed by atoms with Gasteiger partial charge in [-0.15, -0.1) is 0 Å². The molecule has 174 valence electrons. The minimum Gasteiger partial charge on any atom is -0.507 e. The van der Waals surface area contributed by atoms with Crippen molar-refractivity contribution in [2.75, 3.05) is 19.5 Å². The van der Waals surface area contributed by atoms with Crippen LogP contribution >= 0.6 is 0 Å². The molecular weight excluding hydrogens is 438 g/mol. The third-order valence-corrected chi connectivity index (χ3v) is 8.33. The molecule has 0 saturated heterocycles. The summed E-state index contributed by atoms with van der Waals surface area (Å²) in [5.41, 5.74) is 5.06. The summed E-state index contributed by atoms with van der Waals surface area (Å²) in [6.07, 6.45) is 0.336. The van der Waals surface area contributed by atoms with E-state index >= 15 is 0 Å². The number of anilines is 1. The molecule has 2 N–H and O–H groups in total. The van der Waals surface area contributed by atoms with E-state index in [1.807, 2.05) is 51.1 Å². The molecule has 0 radical (unpaired) electrons. The SMILES string of the molecule is COc1cc2c(cc1OC)C(c1cc(C)c(O)c(C)c1)CC(S(=O)(=O)c1ccc(C)cc1)N2. The first-order valence-corrected chi connectivity index (χ1v) is 12.3. The second-order valence-corrected chi connectivity index (χ2v) is 10.7. The molecule has 4 rings (SSSR count). The lowest BCUT2D eigenvalue weighted by Crippen LogP contribution is -2.35. The van der Waals surface area contributed by atoms with Crippen molar-refractivity contribution < 1.29 is 23.0 Å². The van der Waals surface area contributed by atoms with Crippen molar-refractivity contribution in [3.8, 4) is 17.2 Å². The molecule has 0 aromatic heterocycles. The number of hydrogen-bond acceptors (Lipinski definition) is 6. The van der Waals surface area contributed by atoms with E-state index in [2.05, 4.69) is 5.32 Å². The summed E-state index contributed by atoms with van der Waals surface area (Å²) >= 11 is 0. The zero-order valence-corrected chi connectivity index (χ0v) is 20.3. The van der Waals surface area contributed by atoms with Crippen molar-refractivity contribution in [3.05, 3.63) is 76.3 Å². The van der Waals surface area contributed by atoms with Gasteiger partial charge in [-0.05, 0) is 67.6 Å². The van der Waals surface area contributed by atoms with E-state index in [-0.39, 0.29) is 16.6 Å². The van der Waals surface area contributed by atoms with Crippen LogP contribution < -0.4 is 14.8 Å². The average Bonchev–Trinajstić information content (AvgIpc) is 2.80. The maximum Gasteiger partial charge on any atom is 0.199 e. The number of phenolic OH excluding ortho intramolecular Hbond substituents is 1. The zero-order chi connectivity index (χ0) is 23.9. The molecule has 0 spiro atoms. The molecule has 2 unspecified atom stereocenters. The van der Waals surface area contributed by atoms with Gasteiger partial charge in [-0.25, -0.2) is 8.42 Å². The van der Waals surface area contributed by atoms with E-state index in [0.29, 0.717) is 23.6 Å². The molecule has 1 heterocycles. The Morgan fingerprint density at radius 3 is 2.06 bits per heavy atom. The summed E-state index contributed by atoms with van der Waals surface area (Å²) in [5, 5.41) is 12.7. The molecule has 0 aliphatic carbocycles. The highest BCUT2D eigenvalue weighted by atomic mass is 32.2. The van der Waals surface area contributed by atoms with Crippen LogP contribution in [-0.4, -0.2) is 33.1 Å². The van der Waals surface area contributed by atoms with Crippen LogP contribution in [0.15, 0.2) is 53.4 Å². The number of rotatable bonds is 5.